The molecule has 1 aromatic heterocycles. The monoisotopic (exact) mass is 351 g/mol. The number of carbonyl (C=O) groups excluding carboxylic acids is 1. The predicted molar refractivity (Wildman–Crippen MR) is 94.2 cm³/mol. The van der Waals surface area contributed by atoms with Crippen LogP contribution in [0.4, 0.5) is 0 Å². The Hall–Kier alpha value is -3.19. The second-order valence-corrected chi connectivity index (χ2v) is 6.32. The Kier molecular flexibility index (Phi) is 3.73. The first-order valence-corrected chi connectivity index (χ1v) is 8.25. The van der Waals surface area contributed by atoms with Crippen molar-refractivity contribution in [2.24, 2.45) is 0 Å². The highest BCUT2D eigenvalue weighted by molar-refractivity contribution is 5.82. The molecule has 2 aliphatic heterocycles. The Bertz CT molecular complexity index is 994. The van der Waals surface area contributed by atoms with Crippen molar-refractivity contribution in [3.63, 3.8) is 0 Å². The molecule has 2 aliphatic rings. The zero-order valence-corrected chi connectivity index (χ0v) is 14.0. The third-order valence-corrected chi connectivity index (χ3v) is 4.52. The largest absolute Gasteiger partial charge is 0.446 e. The van der Waals surface area contributed by atoms with Crippen molar-refractivity contribution in [1.82, 2.24) is 14.9 Å². The summed E-state index contributed by atoms with van der Waals surface area (Å²) in [6, 6.07) is 8.39. The van der Waals surface area contributed by atoms with E-state index in [0.29, 0.717) is 0 Å². The van der Waals surface area contributed by atoms with Gasteiger partial charge in [0.1, 0.15) is 11.6 Å². The second-order valence-electron chi connectivity index (χ2n) is 6.32. The molecule has 0 fully saturated rings. The molecule has 0 saturated heterocycles. The molecule has 26 heavy (non-hydrogen) atoms. The molecule has 0 radical (unpaired) electrons. The van der Waals surface area contributed by atoms with Crippen LogP contribution in [0.3, 0.4) is 0 Å². The predicted octanol–water partition coefficient (Wildman–Crippen LogP) is 1.24. The molecule has 132 valence electrons. The summed E-state index contributed by atoms with van der Waals surface area (Å²) >= 11 is 0. The van der Waals surface area contributed by atoms with Crippen molar-refractivity contribution in [3.05, 3.63) is 76.1 Å². The van der Waals surface area contributed by atoms with E-state index >= 15 is 0 Å². The first-order chi connectivity index (χ1) is 12.5. The Balaban J connectivity index is 1.92. The Labute approximate surface area is 149 Å². The Morgan fingerprint density at radius 2 is 2.04 bits per heavy atom. The minimum atomic E-state index is -1.82. The van der Waals surface area contributed by atoms with Crippen LogP contribution in [-0.2, 0) is 16.9 Å². The molecule has 0 saturated carbocycles. The summed E-state index contributed by atoms with van der Waals surface area (Å²) in [5.41, 5.74) is -1.22. The minimum absolute atomic E-state index is 0.0564. The lowest BCUT2D eigenvalue weighted by Crippen LogP contribution is -2.58. The molecule has 3 heterocycles. The zero-order valence-electron chi connectivity index (χ0n) is 14.0. The molecule has 1 aromatic carbocycles. The fraction of sp³-hybridized carbons (Fsp3) is 0.211. The summed E-state index contributed by atoms with van der Waals surface area (Å²) in [5.74, 6) is -0.293. The summed E-state index contributed by atoms with van der Waals surface area (Å²) in [6.45, 7) is 1.59. The van der Waals surface area contributed by atoms with Crippen LogP contribution < -0.4 is 15.6 Å². The van der Waals surface area contributed by atoms with Crippen LogP contribution in [0.25, 0.3) is 6.08 Å². The van der Waals surface area contributed by atoms with Gasteiger partial charge in [-0.2, -0.15) is 4.98 Å². The molecule has 7 heteroatoms. The van der Waals surface area contributed by atoms with Crippen LogP contribution in [0.2, 0.25) is 0 Å². The summed E-state index contributed by atoms with van der Waals surface area (Å²) in [5, 5.41) is 13.8. The summed E-state index contributed by atoms with van der Waals surface area (Å²) in [7, 11) is 0. The number of carbonyl (C=O) groups is 1. The normalized spacial score (nSPS) is 23.5. The number of aliphatic hydroxyl groups is 1. The molecule has 2 aromatic rings. The standard InChI is InChI=1S/C19H17N3O4/c1-12-15(23)21-19(25,11-13-7-3-2-4-8-13)18-20-16-14(17(24)22(12)18)9-5-6-10-26-16/h2-10,12,25H,11H2,1H3,(H,21,23)/t12-,19-/m1/s1. The number of nitrogens with zero attached hydrogens (tertiary/aromatic N) is 2. The van der Waals surface area contributed by atoms with E-state index in [1.54, 1.807) is 25.2 Å². The first kappa shape index (κ1) is 16.3. The Morgan fingerprint density at radius 1 is 1.27 bits per heavy atom. The van der Waals surface area contributed by atoms with Gasteiger partial charge in [0, 0.05) is 6.42 Å². The van der Waals surface area contributed by atoms with Crippen LogP contribution in [-0.4, -0.2) is 20.6 Å². The van der Waals surface area contributed by atoms with Gasteiger partial charge in [0.15, 0.2) is 5.82 Å². The first-order valence-electron chi connectivity index (χ1n) is 8.25. The third kappa shape index (κ3) is 2.53. The number of ether oxygens (including phenoxy) is 1. The number of amides is 1. The van der Waals surface area contributed by atoms with Gasteiger partial charge in [-0.15, -0.1) is 0 Å². The number of benzene rings is 1. The lowest BCUT2D eigenvalue weighted by atomic mass is 9.98. The molecule has 7 nitrogen and oxygen atoms in total. The smallest absolute Gasteiger partial charge is 0.265 e. The molecular formula is C19H17N3O4. The van der Waals surface area contributed by atoms with Crippen molar-refractivity contribution in [1.29, 1.82) is 0 Å². The van der Waals surface area contributed by atoms with Gasteiger partial charge in [0.05, 0.1) is 6.26 Å². The molecule has 0 aliphatic carbocycles. The Morgan fingerprint density at radius 3 is 2.81 bits per heavy atom. The number of hydrogen-bond donors (Lipinski definition) is 2. The molecule has 0 bridgehead atoms. The highest BCUT2D eigenvalue weighted by Gasteiger charge is 2.44. The maximum absolute atomic E-state index is 13.0. The maximum Gasteiger partial charge on any atom is 0.265 e. The van der Waals surface area contributed by atoms with E-state index in [1.807, 2.05) is 30.3 Å². The van der Waals surface area contributed by atoms with Crippen molar-refractivity contribution in [3.8, 4) is 5.88 Å². The van der Waals surface area contributed by atoms with Gasteiger partial charge in [-0.05, 0) is 24.6 Å². The van der Waals surface area contributed by atoms with Gasteiger partial charge in [-0.25, -0.2) is 0 Å². The van der Waals surface area contributed by atoms with Gasteiger partial charge in [0.2, 0.25) is 17.5 Å². The molecule has 4 rings (SSSR count). The second kappa shape index (κ2) is 5.96. The van der Waals surface area contributed by atoms with Gasteiger partial charge >= 0.3 is 0 Å². The van der Waals surface area contributed by atoms with Gasteiger partial charge in [0.25, 0.3) is 5.56 Å². The van der Waals surface area contributed by atoms with Crippen molar-refractivity contribution in [2.75, 3.05) is 0 Å². The molecule has 2 atom stereocenters. The van der Waals surface area contributed by atoms with Crippen molar-refractivity contribution >= 4 is 12.0 Å². The summed E-state index contributed by atoms with van der Waals surface area (Å²) in [4.78, 5) is 29.8. The van der Waals surface area contributed by atoms with Crippen LogP contribution in [0.15, 0.2) is 53.5 Å². The van der Waals surface area contributed by atoms with E-state index in [2.05, 4.69) is 10.3 Å². The van der Waals surface area contributed by atoms with Crippen LogP contribution in [0.5, 0.6) is 5.88 Å². The molecule has 1 amide bonds. The van der Waals surface area contributed by atoms with E-state index in [9.17, 15) is 14.7 Å². The van der Waals surface area contributed by atoms with Crippen LogP contribution in [0.1, 0.15) is 29.9 Å². The number of aromatic nitrogens is 2. The fourth-order valence-electron chi connectivity index (χ4n) is 3.21. The topological polar surface area (TPSA) is 93.5 Å². The lowest BCUT2D eigenvalue weighted by Gasteiger charge is -2.37. The third-order valence-electron chi connectivity index (χ3n) is 4.52. The number of nitrogens with one attached hydrogen (secondary N) is 1. The number of rotatable bonds is 2. The maximum atomic E-state index is 13.0. The number of hydrogen-bond acceptors (Lipinski definition) is 5. The quantitative estimate of drug-likeness (QED) is 0.849. The van der Waals surface area contributed by atoms with E-state index in [4.69, 9.17) is 4.74 Å². The highest BCUT2D eigenvalue weighted by Crippen LogP contribution is 2.30. The highest BCUT2D eigenvalue weighted by atomic mass is 16.5. The molecule has 0 unspecified atom stereocenters. The average molecular weight is 351 g/mol. The molecule has 0 spiro atoms. The minimum Gasteiger partial charge on any atom is -0.446 e. The lowest BCUT2D eigenvalue weighted by molar-refractivity contribution is -0.137. The van der Waals surface area contributed by atoms with E-state index in [-0.39, 0.29) is 23.7 Å². The van der Waals surface area contributed by atoms with E-state index < -0.39 is 23.2 Å². The van der Waals surface area contributed by atoms with Crippen molar-refractivity contribution in [2.45, 2.75) is 25.1 Å². The fourth-order valence-corrected chi connectivity index (χ4v) is 3.21. The SMILES string of the molecule is C[C@@H]1C(=O)N[C@@](O)(Cc2ccccc2)c2nc3c(c(=O)n21)C=CC=CO3. The van der Waals surface area contributed by atoms with Gasteiger partial charge in [-0.3, -0.25) is 14.2 Å². The van der Waals surface area contributed by atoms with Crippen molar-refractivity contribution < 1.29 is 14.6 Å². The van der Waals surface area contributed by atoms with E-state index in [1.165, 1.54) is 10.8 Å². The average Bonchev–Trinajstić information content (AvgIpc) is 2.86. The van der Waals surface area contributed by atoms with Gasteiger partial charge < -0.3 is 15.2 Å². The van der Waals surface area contributed by atoms with Crippen LogP contribution in [0, 0.1) is 0 Å². The number of fused-ring (bicyclic) bond motifs is 2. The molecule has 2 N–H and O–H groups in total. The zero-order chi connectivity index (χ0) is 18.3. The van der Waals surface area contributed by atoms with Crippen LogP contribution >= 0.6 is 0 Å². The van der Waals surface area contributed by atoms with Gasteiger partial charge in [-0.1, -0.05) is 36.4 Å². The van der Waals surface area contributed by atoms with E-state index in [0.717, 1.165) is 5.56 Å². The molecular weight excluding hydrogens is 334 g/mol. The summed E-state index contributed by atoms with van der Waals surface area (Å²) in [6.07, 6.45) is 6.35. The summed E-state index contributed by atoms with van der Waals surface area (Å²) < 4.78 is 6.65. The number of allylic oxidation sites excluding steroid dienone is 2.